The van der Waals surface area contributed by atoms with Crippen molar-refractivity contribution in [3.05, 3.63) is 65.2 Å². The zero-order valence-electron chi connectivity index (χ0n) is 11.3. The van der Waals surface area contributed by atoms with Crippen LogP contribution in [0.15, 0.2) is 54.6 Å². The second-order valence-electron chi connectivity index (χ2n) is 4.60. The van der Waals surface area contributed by atoms with Gasteiger partial charge in [-0.2, -0.15) is 0 Å². The lowest BCUT2D eigenvalue weighted by Crippen LogP contribution is -2.31. The number of rotatable bonds is 5. The third-order valence-electron chi connectivity index (χ3n) is 2.96. The molecule has 104 valence electrons. The van der Waals surface area contributed by atoms with Crippen molar-refractivity contribution in [2.45, 2.75) is 6.54 Å². The molecule has 3 nitrogen and oxygen atoms in total. The van der Waals surface area contributed by atoms with E-state index in [1.54, 1.807) is 24.1 Å². The van der Waals surface area contributed by atoms with Gasteiger partial charge in [0.1, 0.15) is 0 Å². The normalized spacial score (nSPS) is 10.1. The van der Waals surface area contributed by atoms with Crippen LogP contribution in [-0.2, 0) is 11.3 Å². The van der Waals surface area contributed by atoms with Gasteiger partial charge in [-0.25, -0.2) is 0 Å². The van der Waals surface area contributed by atoms with Gasteiger partial charge in [0.2, 0.25) is 5.91 Å². The summed E-state index contributed by atoms with van der Waals surface area (Å²) in [6.07, 6.45) is 0. The molecule has 0 saturated heterocycles. The van der Waals surface area contributed by atoms with E-state index in [9.17, 15) is 4.79 Å². The fourth-order valence-corrected chi connectivity index (χ4v) is 2.05. The smallest absolute Gasteiger partial charge is 0.241 e. The molecule has 0 saturated carbocycles. The maximum Gasteiger partial charge on any atom is 0.241 e. The molecule has 0 aliphatic rings. The van der Waals surface area contributed by atoms with Crippen LogP contribution in [0.5, 0.6) is 0 Å². The number of hydrogen-bond donors (Lipinski definition) is 1. The Labute approximate surface area is 124 Å². The Morgan fingerprint density at radius 2 is 1.90 bits per heavy atom. The van der Waals surface area contributed by atoms with E-state index in [0.717, 1.165) is 11.3 Å². The second kappa shape index (κ2) is 6.96. The van der Waals surface area contributed by atoms with E-state index >= 15 is 0 Å². The van der Waals surface area contributed by atoms with E-state index in [1.807, 2.05) is 42.5 Å². The second-order valence-corrected chi connectivity index (χ2v) is 5.04. The van der Waals surface area contributed by atoms with E-state index in [-0.39, 0.29) is 12.5 Å². The van der Waals surface area contributed by atoms with E-state index < -0.39 is 0 Å². The maximum absolute atomic E-state index is 12.0. The van der Waals surface area contributed by atoms with Gasteiger partial charge in [0.05, 0.1) is 6.54 Å². The molecule has 0 atom stereocenters. The number of halogens is 1. The van der Waals surface area contributed by atoms with Crippen LogP contribution in [0.3, 0.4) is 0 Å². The zero-order valence-corrected chi connectivity index (χ0v) is 12.1. The lowest BCUT2D eigenvalue weighted by Gasteiger charge is -2.18. The summed E-state index contributed by atoms with van der Waals surface area (Å²) in [7, 11) is 1.80. The molecular formula is C16H17ClN2O. The Balaban J connectivity index is 1.85. The number of likely N-dealkylation sites (N-methyl/N-ethyl adjacent to an activating group) is 1. The highest BCUT2D eigenvalue weighted by Gasteiger charge is 2.08. The molecule has 0 spiro atoms. The fourth-order valence-electron chi connectivity index (χ4n) is 1.86. The number of carbonyl (C=O) groups is 1. The van der Waals surface area contributed by atoms with Gasteiger partial charge < -0.3 is 10.2 Å². The molecule has 2 aromatic carbocycles. The third kappa shape index (κ3) is 4.28. The minimum Gasteiger partial charge on any atom is -0.376 e. The Morgan fingerprint density at radius 1 is 1.15 bits per heavy atom. The minimum absolute atomic E-state index is 0.0360. The van der Waals surface area contributed by atoms with E-state index in [4.69, 9.17) is 11.6 Å². The van der Waals surface area contributed by atoms with E-state index in [2.05, 4.69) is 5.32 Å². The SMILES string of the molecule is CN(Cc1ccccc1)C(=O)CNc1cccc(Cl)c1. The van der Waals surface area contributed by atoms with Crippen molar-refractivity contribution in [3.8, 4) is 0 Å². The molecule has 0 bridgehead atoms. The largest absolute Gasteiger partial charge is 0.376 e. The van der Waals surface area contributed by atoms with Crippen LogP contribution >= 0.6 is 11.6 Å². The predicted octanol–water partition coefficient (Wildman–Crippen LogP) is 3.41. The topological polar surface area (TPSA) is 32.3 Å². The van der Waals surface area contributed by atoms with Crippen molar-refractivity contribution in [1.29, 1.82) is 0 Å². The van der Waals surface area contributed by atoms with Crippen molar-refractivity contribution in [2.75, 3.05) is 18.9 Å². The maximum atomic E-state index is 12.0. The van der Waals surface area contributed by atoms with Gasteiger partial charge in [-0.15, -0.1) is 0 Å². The highest BCUT2D eigenvalue weighted by atomic mass is 35.5. The summed E-state index contributed by atoms with van der Waals surface area (Å²) in [4.78, 5) is 13.7. The summed E-state index contributed by atoms with van der Waals surface area (Å²) < 4.78 is 0. The van der Waals surface area contributed by atoms with Gasteiger partial charge in [0, 0.05) is 24.3 Å². The number of carbonyl (C=O) groups excluding carboxylic acids is 1. The van der Waals surface area contributed by atoms with Gasteiger partial charge in [-0.3, -0.25) is 4.79 Å². The minimum atomic E-state index is 0.0360. The summed E-state index contributed by atoms with van der Waals surface area (Å²) in [6.45, 7) is 0.862. The monoisotopic (exact) mass is 288 g/mol. The van der Waals surface area contributed by atoms with Crippen molar-refractivity contribution in [3.63, 3.8) is 0 Å². The van der Waals surface area contributed by atoms with E-state index in [0.29, 0.717) is 11.6 Å². The highest BCUT2D eigenvalue weighted by Crippen LogP contribution is 2.14. The number of hydrogen-bond acceptors (Lipinski definition) is 2. The first-order valence-corrected chi connectivity index (χ1v) is 6.80. The average Bonchev–Trinajstić information content (AvgIpc) is 2.46. The summed E-state index contributed by atoms with van der Waals surface area (Å²) in [6, 6.07) is 17.3. The van der Waals surface area contributed by atoms with Crippen LogP contribution in [0.2, 0.25) is 5.02 Å². The Hall–Kier alpha value is -2.00. The molecule has 0 aliphatic carbocycles. The van der Waals surface area contributed by atoms with Crippen LogP contribution in [-0.4, -0.2) is 24.4 Å². The summed E-state index contributed by atoms with van der Waals surface area (Å²) in [5, 5.41) is 3.73. The van der Waals surface area contributed by atoms with Crippen molar-refractivity contribution in [1.82, 2.24) is 4.90 Å². The van der Waals surface area contributed by atoms with Gasteiger partial charge in [-0.1, -0.05) is 48.0 Å². The van der Waals surface area contributed by atoms with Crippen LogP contribution in [0.1, 0.15) is 5.56 Å². The first-order chi connectivity index (χ1) is 9.65. The molecule has 0 aliphatic heterocycles. The number of nitrogens with zero attached hydrogens (tertiary/aromatic N) is 1. The molecule has 1 N–H and O–H groups in total. The lowest BCUT2D eigenvalue weighted by atomic mass is 10.2. The van der Waals surface area contributed by atoms with Crippen molar-refractivity contribution < 1.29 is 4.79 Å². The molecule has 0 heterocycles. The molecule has 1 amide bonds. The molecule has 20 heavy (non-hydrogen) atoms. The molecule has 4 heteroatoms. The molecule has 0 radical (unpaired) electrons. The number of nitrogens with one attached hydrogen (secondary N) is 1. The van der Waals surface area contributed by atoms with Crippen LogP contribution in [0.25, 0.3) is 0 Å². The van der Waals surface area contributed by atoms with Crippen molar-refractivity contribution in [2.24, 2.45) is 0 Å². The fraction of sp³-hybridized carbons (Fsp3) is 0.188. The first-order valence-electron chi connectivity index (χ1n) is 6.42. The summed E-state index contributed by atoms with van der Waals surface area (Å²) >= 11 is 5.89. The van der Waals surface area contributed by atoms with Gasteiger partial charge >= 0.3 is 0 Å². The third-order valence-corrected chi connectivity index (χ3v) is 3.19. The van der Waals surface area contributed by atoms with Gasteiger partial charge in [0.25, 0.3) is 0 Å². The number of amides is 1. The predicted molar refractivity (Wildman–Crippen MR) is 82.9 cm³/mol. The first kappa shape index (κ1) is 14.4. The number of anilines is 1. The van der Waals surface area contributed by atoms with Crippen LogP contribution < -0.4 is 5.32 Å². The molecule has 0 aromatic heterocycles. The molecule has 0 fully saturated rings. The summed E-state index contributed by atoms with van der Waals surface area (Å²) in [5.41, 5.74) is 1.96. The Kier molecular flexibility index (Phi) is 5.02. The van der Waals surface area contributed by atoms with Gasteiger partial charge in [0.15, 0.2) is 0 Å². The zero-order chi connectivity index (χ0) is 14.4. The Morgan fingerprint density at radius 3 is 2.60 bits per heavy atom. The highest BCUT2D eigenvalue weighted by molar-refractivity contribution is 6.30. The van der Waals surface area contributed by atoms with Crippen LogP contribution in [0.4, 0.5) is 5.69 Å². The molecule has 0 unspecified atom stereocenters. The Bertz CT molecular complexity index is 572. The average molecular weight is 289 g/mol. The lowest BCUT2D eigenvalue weighted by molar-refractivity contribution is -0.128. The molecule has 2 rings (SSSR count). The number of benzene rings is 2. The quantitative estimate of drug-likeness (QED) is 0.914. The van der Waals surface area contributed by atoms with Gasteiger partial charge in [-0.05, 0) is 23.8 Å². The van der Waals surface area contributed by atoms with Crippen LogP contribution in [0, 0.1) is 0 Å². The van der Waals surface area contributed by atoms with E-state index in [1.165, 1.54) is 0 Å². The summed E-state index contributed by atoms with van der Waals surface area (Å²) in [5.74, 6) is 0.0360. The van der Waals surface area contributed by atoms with Crippen molar-refractivity contribution >= 4 is 23.2 Å². The molecular weight excluding hydrogens is 272 g/mol. The molecule has 2 aromatic rings. The standard InChI is InChI=1S/C16H17ClN2O/c1-19(12-13-6-3-2-4-7-13)16(20)11-18-15-9-5-8-14(17)10-15/h2-10,18H,11-12H2,1H3.